The van der Waals surface area contributed by atoms with Gasteiger partial charge in [-0.05, 0) is 11.8 Å². The first-order valence-corrected chi connectivity index (χ1v) is 3.70. The van der Waals surface area contributed by atoms with Crippen LogP contribution in [-0.4, -0.2) is 19.9 Å². The van der Waals surface area contributed by atoms with Crippen molar-refractivity contribution in [3.05, 3.63) is 0 Å². The summed E-state index contributed by atoms with van der Waals surface area (Å²) < 4.78 is 0. The van der Waals surface area contributed by atoms with Crippen molar-refractivity contribution in [1.82, 2.24) is 5.32 Å². The van der Waals surface area contributed by atoms with Gasteiger partial charge in [-0.3, -0.25) is 4.99 Å². The summed E-state index contributed by atoms with van der Waals surface area (Å²) in [6.07, 6.45) is 2.92. The Bertz CT molecular complexity index is 100. The highest BCUT2D eigenvalue weighted by atomic mass is 14.9. The summed E-state index contributed by atoms with van der Waals surface area (Å²) in [6.45, 7) is 7.72. The van der Waals surface area contributed by atoms with Crippen LogP contribution in [0.15, 0.2) is 4.99 Å². The van der Waals surface area contributed by atoms with Crippen LogP contribution >= 0.6 is 0 Å². The Balaban J connectivity index is 3.20. The number of rotatable bonds is 3. The number of hydrogen-bond acceptors (Lipinski definition) is 1. The lowest BCUT2D eigenvalue weighted by molar-refractivity contribution is 0.378. The fourth-order valence-corrected chi connectivity index (χ4v) is 0.603. The van der Waals surface area contributed by atoms with E-state index in [1.165, 1.54) is 6.42 Å². The molecule has 0 bridgehead atoms. The van der Waals surface area contributed by atoms with E-state index >= 15 is 0 Å². The lowest BCUT2D eigenvalue weighted by atomic mass is 9.92. The maximum atomic E-state index is 3.82. The largest absolute Gasteiger partial charge is 0.376 e. The van der Waals surface area contributed by atoms with E-state index in [-0.39, 0.29) is 0 Å². The number of nitrogens with one attached hydrogen (secondary N) is 1. The zero-order valence-corrected chi connectivity index (χ0v) is 7.44. The average Bonchev–Trinajstić information content (AvgIpc) is 1.78. The molecule has 0 atom stereocenters. The fraction of sp³-hybridized carbons (Fsp3) is 0.875. The molecule has 10 heavy (non-hydrogen) atoms. The van der Waals surface area contributed by atoms with E-state index in [2.05, 4.69) is 31.1 Å². The molecule has 0 aromatic heterocycles. The Morgan fingerprint density at radius 3 is 2.40 bits per heavy atom. The second kappa shape index (κ2) is 4.31. The SMILES string of the molecule is CN=CNCCC(C)(C)C. The molecule has 0 aliphatic heterocycles. The van der Waals surface area contributed by atoms with Crippen LogP contribution in [0.1, 0.15) is 27.2 Å². The maximum absolute atomic E-state index is 3.82. The Kier molecular flexibility index (Phi) is 4.08. The van der Waals surface area contributed by atoms with Gasteiger partial charge in [-0.1, -0.05) is 20.8 Å². The Morgan fingerprint density at radius 2 is 2.00 bits per heavy atom. The third kappa shape index (κ3) is 7.47. The van der Waals surface area contributed by atoms with Crippen molar-refractivity contribution < 1.29 is 0 Å². The highest BCUT2D eigenvalue weighted by Gasteiger charge is 2.07. The standard InChI is InChI=1S/C8H18N2/c1-8(2,3)5-6-10-7-9-4/h7H,5-6H2,1-4H3,(H,9,10). The first-order valence-electron chi connectivity index (χ1n) is 3.70. The molecule has 1 N–H and O–H groups in total. The van der Waals surface area contributed by atoms with Gasteiger partial charge in [-0.25, -0.2) is 0 Å². The van der Waals surface area contributed by atoms with Gasteiger partial charge in [-0.2, -0.15) is 0 Å². The van der Waals surface area contributed by atoms with Crippen LogP contribution in [0.25, 0.3) is 0 Å². The first-order chi connectivity index (χ1) is 4.56. The molecule has 0 fully saturated rings. The topological polar surface area (TPSA) is 24.4 Å². The number of aliphatic imine (C=N–C) groups is 1. The summed E-state index contributed by atoms with van der Waals surface area (Å²) in [6, 6.07) is 0. The van der Waals surface area contributed by atoms with E-state index in [0.717, 1.165) is 6.54 Å². The molecule has 0 heterocycles. The Morgan fingerprint density at radius 1 is 1.40 bits per heavy atom. The van der Waals surface area contributed by atoms with Crippen molar-refractivity contribution in [2.45, 2.75) is 27.2 Å². The van der Waals surface area contributed by atoms with E-state index in [9.17, 15) is 0 Å². The minimum atomic E-state index is 0.425. The summed E-state index contributed by atoms with van der Waals surface area (Å²) >= 11 is 0. The van der Waals surface area contributed by atoms with Gasteiger partial charge >= 0.3 is 0 Å². The van der Waals surface area contributed by atoms with Gasteiger partial charge in [0, 0.05) is 13.6 Å². The molecule has 0 aliphatic rings. The van der Waals surface area contributed by atoms with Crippen LogP contribution in [0.5, 0.6) is 0 Å². The number of nitrogens with zero attached hydrogens (tertiary/aromatic N) is 1. The molecule has 0 spiro atoms. The van der Waals surface area contributed by atoms with Crippen LogP contribution in [0.2, 0.25) is 0 Å². The quantitative estimate of drug-likeness (QED) is 0.362. The zero-order valence-electron chi connectivity index (χ0n) is 7.44. The number of hydrogen-bond donors (Lipinski definition) is 1. The molecule has 2 heteroatoms. The van der Waals surface area contributed by atoms with E-state index in [4.69, 9.17) is 0 Å². The van der Waals surface area contributed by atoms with Gasteiger partial charge in [0.15, 0.2) is 0 Å². The highest BCUT2D eigenvalue weighted by Crippen LogP contribution is 2.16. The molecular formula is C8H18N2. The van der Waals surface area contributed by atoms with Crippen molar-refractivity contribution >= 4 is 6.34 Å². The van der Waals surface area contributed by atoms with E-state index < -0.39 is 0 Å². The monoisotopic (exact) mass is 142 g/mol. The van der Waals surface area contributed by atoms with Crippen LogP contribution < -0.4 is 5.32 Å². The smallest absolute Gasteiger partial charge is 0.0820 e. The fourth-order valence-electron chi connectivity index (χ4n) is 0.603. The minimum absolute atomic E-state index is 0.425. The summed E-state index contributed by atoms with van der Waals surface area (Å²) in [7, 11) is 1.77. The third-order valence-electron chi connectivity index (χ3n) is 1.24. The molecule has 0 amide bonds. The molecule has 2 nitrogen and oxygen atoms in total. The Hall–Kier alpha value is -0.530. The van der Waals surface area contributed by atoms with E-state index in [1.807, 2.05) is 0 Å². The lowest BCUT2D eigenvalue weighted by Gasteiger charge is -2.17. The van der Waals surface area contributed by atoms with Crippen LogP contribution in [-0.2, 0) is 0 Å². The van der Waals surface area contributed by atoms with Crippen LogP contribution in [0, 0.1) is 5.41 Å². The molecule has 0 saturated carbocycles. The van der Waals surface area contributed by atoms with Crippen molar-refractivity contribution in [3.63, 3.8) is 0 Å². The maximum Gasteiger partial charge on any atom is 0.0820 e. The second-order valence-electron chi connectivity index (χ2n) is 3.65. The van der Waals surface area contributed by atoms with Gasteiger partial charge in [0.1, 0.15) is 0 Å². The van der Waals surface area contributed by atoms with Crippen LogP contribution in [0.3, 0.4) is 0 Å². The van der Waals surface area contributed by atoms with Gasteiger partial charge in [-0.15, -0.1) is 0 Å². The van der Waals surface area contributed by atoms with Crippen molar-refractivity contribution in [1.29, 1.82) is 0 Å². The molecule has 0 rings (SSSR count). The van der Waals surface area contributed by atoms with Gasteiger partial charge in [0.25, 0.3) is 0 Å². The highest BCUT2D eigenvalue weighted by molar-refractivity contribution is 5.53. The molecule has 0 saturated heterocycles. The molecule has 0 radical (unpaired) electrons. The summed E-state index contributed by atoms with van der Waals surface area (Å²) in [4.78, 5) is 3.82. The summed E-state index contributed by atoms with van der Waals surface area (Å²) in [5.74, 6) is 0. The second-order valence-corrected chi connectivity index (χ2v) is 3.65. The predicted molar refractivity (Wildman–Crippen MR) is 46.5 cm³/mol. The van der Waals surface area contributed by atoms with Gasteiger partial charge in [0.05, 0.1) is 6.34 Å². The minimum Gasteiger partial charge on any atom is -0.376 e. The molecule has 60 valence electrons. The molecule has 0 aliphatic carbocycles. The van der Waals surface area contributed by atoms with Crippen molar-refractivity contribution in [3.8, 4) is 0 Å². The predicted octanol–water partition coefficient (Wildman–Crippen LogP) is 1.67. The molecule has 0 unspecified atom stereocenters. The van der Waals surface area contributed by atoms with Gasteiger partial charge < -0.3 is 5.32 Å². The molecule has 0 aromatic carbocycles. The van der Waals surface area contributed by atoms with Gasteiger partial charge in [0.2, 0.25) is 0 Å². The molecular weight excluding hydrogens is 124 g/mol. The Labute approximate surface area is 63.7 Å². The third-order valence-corrected chi connectivity index (χ3v) is 1.24. The van der Waals surface area contributed by atoms with Crippen molar-refractivity contribution in [2.24, 2.45) is 10.4 Å². The van der Waals surface area contributed by atoms with Crippen LogP contribution in [0.4, 0.5) is 0 Å². The normalized spacial score (nSPS) is 12.4. The zero-order chi connectivity index (χ0) is 8.04. The van der Waals surface area contributed by atoms with E-state index in [0.29, 0.717) is 5.41 Å². The first kappa shape index (κ1) is 9.47. The average molecular weight is 142 g/mol. The summed E-state index contributed by atoms with van der Waals surface area (Å²) in [5, 5.41) is 3.10. The molecule has 0 aromatic rings. The summed E-state index contributed by atoms with van der Waals surface area (Å²) in [5.41, 5.74) is 0.425. The van der Waals surface area contributed by atoms with Crippen molar-refractivity contribution in [2.75, 3.05) is 13.6 Å². The lowest BCUT2D eigenvalue weighted by Crippen LogP contribution is -2.18. The van der Waals surface area contributed by atoms with E-state index in [1.54, 1.807) is 13.4 Å².